The summed E-state index contributed by atoms with van der Waals surface area (Å²) >= 11 is 0. The van der Waals surface area contributed by atoms with Crippen LogP contribution < -0.4 is 11.1 Å². The predicted molar refractivity (Wildman–Crippen MR) is 99.1 cm³/mol. The van der Waals surface area contributed by atoms with Gasteiger partial charge < -0.3 is 15.6 Å². The van der Waals surface area contributed by atoms with Crippen LogP contribution in [-0.2, 0) is 4.79 Å². The molecule has 5 nitrogen and oxygen atoms in total. The third kappa shape index (κ3) is 3.93. The fraction of sp³-hybridized carbons (Fsp3) is 0.500. The zero-order chi connectivity index (χ0) is 18.0. The van der Waals surface area contributed by atoms with E-state index in [-0.39, 0.29) is 11.8 Å². The summed E-state index contributed by atoms with van der Waals surface area (Å²) in [6.45, 7) is 6.09. The molecule has 1 saturated carbocycles. The number of nitrogens with one attached hydrogen (secondary N) is 1. The van der Waals surface area contributed by atoms with E-state index >= 15 is 0 Å². The van der Waals surface area contributed by atoms with Crippen LogP contribution in [0.25, 0.3) is 11.1 Å². The molecule has 1 aliphatic rings. The van der Waals surface area contributed by atoms with Gasteiger partial charge in [-0.1, -0.05) is 37.1 Å². The second kappa shape index (κ2) is 7.40. The molecule has 3 rings (SSSR count). The van der Waals surface area contributed by atoms with Crippen LogP contribution in [0.4, 0.5) is 5.69 Å². The van der Waals surface area contributed by atoms with Crippen LogP contribution in [0.3, 0.4) is 0 Å². The number of aryl methyl sites for hydroxylation is 2. The lowest BCUT2D eigenvalue weighted by Crippen LogP contribution is -2.43. The number of rotatable bonds is 4. The van der Waals surface area contributed by atoms with Gasteiger partial charge in [-0.05, 0) is 56.2 Å². The quantitative estimate of drug-likeness (QED) is 0.879. The number of hydrogen-bond acceptors (Lipinski definition) is 4. The van der Waals surface area contributed by atoms with E-state index in [9.17, 15) is 4.79 Å². The van der Waals surface area contributed by atoms with Crippen LogP contribution in [0, 0.1) is 25.7 Å². The molecule has 0 radical (unpaired) electrons. The third-order valence-corrected chi connectivity index (χ3v) is 5.35. The standard InChI is InChI=1S/C20H27N3O2/c1-12-4-6-16(7-5-12)19(21)20(24)22-17-10-8-15(9-11-17)18-13(2)23-25-14(18)3/h8-12,16,19H,4-7,21H2,1-3H3,(H,22,24)/t12?,16?,19-/m0/s1. The average Bonchev–Trinajstić information content (AvgIpc) is 2.94. The van der Waals surface area contributed by atoms with E-state index in [1.807, 2.05) is 38.1 Å². The number of hydrogen-bond donors (Lipinski definition) is 2. The van der Waals surface area contributed by atoms with Gasteiger partial charge in [-0.3, -0.25) is 4.79 Å². The van der Waals surface area contributed by atoms with Crippen LogP contribution in [0.2, 0.25) is 0 Å². The van der Waals surface area contributed by atoms with Gasteiger partial charge in [-0.2, -0.15) is 0 Å². The topological polar surface area (TPSA) is 81.2 Å². The van der Waals surface area contributed by atoms with Crippen molar-refractivity contribution in [3.63, 3.8) is 0 Å². The van der Waals surface area contributed by atoms with Crippen molar-refractivity contribution in [2.75, 3.05) is 5.32 Å². The SMILES string of the molecule is Cc1noc(C)c1-c1ccc(NC(=O)[C@@H](N)C2CCC(C)CC2)cc1. The van der Waals surface area contributed by atoms with Gasteiger partial charge in [0.25, 0.3) is 0 Å². The summed E-state index contributed by atoms with van der Waals surface area (Å²) in [4.78, 5) is 12.5. The normalized spacial score (nSPS) is 21.8. The monoisotopic (exact) mass is 341 g/mol. The molecule has 0 saturated heterocycles. The molecule has 1 aromatic heterocycles. The van der Waals surface area contributed by atoms with Crippen molar-refractivity contribution < 1.29 is 9.32 Å². The molecule has 1 heterocycles. The zero-order valence-electron chi connectivity index (χ0n) is 15.2. The lowest BCUT2D eigenvalue weighted by Gasteiger charge is -2.29. The van der Waals surface area contributed by atoms with Crippen molar-refractivity contribution in [2.45, 2.75) is 52.5 Å². The Bertz CT molecular complexity index is 708. The van der Waals surface area contributed by atoms with Gasteiger partial charge in [0, 0.05) is 11.3 Å². The lowest BCUT2D eigenvalue weighted by molar-refractivity contribution is -0.118. The largest absolute Gasteiger partial charge is 0.361 e. The molecular formula is C20H27N3O2. The van der Waals surface area contributed by atoms with Gasteiger partial charge in [0.2, 0.25) is 5.91 Å². The highest BCUT2D eigenvalue weighted by atomic mass is 16.5. The van der Waals surface area contributed by atoms with E-state index in [1.165, 1.54) is 0 Å². The number of benzene rings is 1. The van der Waals surface area contributed by atoms with Gasteiger partial charge in [0.05, 0.1) is 11.7 Å². The number of carbonyl (C=O) groups excluding carboxylic acids is 1. The highest BCUT2D eigenvalue weighted by Crippen LogP contribution is 2.31. The number of carbonyl (C=O) groups is 1. The first kappa shape index (κ1) is 17.7. The van der Waals surface area contributed by atoms with Crippen LogP contribution in [0.5, 0.6) is 0 Å². The average molecular weight is 341 g/mol. The van der Waals surface area contributed by atoms with Crippen LogP contribution in [0.15, 0.2) is 28.8 Å². The van der Waals surface area contributed by atoms with Crippen molar-refractivity contribution in [3.05, 3.63) is 35.7 Å². The highest BCUT2D eigenvalue weighted by Gasteiger charge is 2.28. The van der Waals surface area contributed by atoms with E-state index in [1.54, 1.807) is 0 Å². The summed E-state index contributed by atoms with van der Waals surface area (Å²) in [6.07, 6.45) is 4.41. The fourth-order valence-corrected chi connectivity index (χ4v) is 3.70. The molecule has 1 amide bonds. The van der Waals surface area contributed by atoms with Gasteiger partial charge in [-0.15, -0.1) is 0 Å². The second-order valence-corrected chi connectivity index (χ2v) is 7.31. The van der Waals surface area contributed by atoms with Crippen molar-refractivity contribution in [2.24, 2.45) is 17.6 Å². The summed E-state index contributed by atoms with van der Waals surface area (Å²) in [5.41, 5.74) is 9.86. The molecule has 134 valence electrons. The van der Waals surface area contributed by atoms with Crippen molar-refractivity contribution in [1.82, 2.24) is 5.16 Å². The first-order valence-corrected chi connectivity index (χ1v) is 9.05. The molecule has 0 aliphatic heterocycles. The van der Waals surface area contributed by atoms with Crippen LogP contribution in [0.1, 0.15) is 44.1 Å². The number of anilines is 1. The van der Waals surface area contributed by atoms with Gasteiger partial charge in [0.1, 0.15) is 5.76 Å². The molecule has 1 fully saturated rings. The maximum Gasteiger partial charge on any atom is 0.241 e. The number of aromatic nitrogens is 1. The van der Waals surface area contributed by atoms with E-state index in [2.05, 4.69) is 17.4 Å². The Kier molecular flexibility index (Phi) is 5.23. The minimum atomic E-state index is -0.435. The zero-order valence-corrected chi connectivity index (χ0v) is 15.2. The molecule has 1 aromatic carbocycles. The first-order chi connectivity index (χ1) is 12.0. The molecule has 25 heavy (non-hydrogen) atoms. The van der Waals surface area contributed by atoms with Crippen molar-refractivity contribution >= 4 is 11.6 Å². The molecule has 0 spiro atoms. The maximum atomic E-state index is 12.5. The fourth-order valence-electron chi connectivity index (χ4n) is 3.70. The maximum absolute atomic E-state index is 12.5. The van der Waals surface area contributed by atoms with Crippen molar-refractivity contribution in [1.29, 1.82) is 0 Å². The third-order valence-electron chi connectivity index (χ3n) is 5.35. The van der Waals surface area contributed by atoms with E-state index in [0.717, 1.165) is 59.9 Å². The molecule has 0 bridgehead atoms. The Morgan fingerprint density at radius 1 is 1.20 bits per heavy atom. The molecule has 3 N–H and O–H groups in total. The smallest absolute Gasteiger partial charge is 0.241 e. The van der Waals surface area contributed by atoms with Crippen molar-refractivity contribution in [3.8, 4) is 11.1 Å². The van der Waals surface area contributed by atoms with E-state index < -0.39 is 6.04 Å². The molecule has 2 aromatic rings. The summed E-state index contributed by atoms with van der Waals surface area (Å²) in [5.74, 6) is 1.74. The Labute approximate surface area is 149 Å². The minimum absolute atomic E-state index is 0.0929. The number of amides is 1. The summed E-state index contributed by atoms with van der Waals surface area (Å²) in [5, 5.41) is 6.93. The van der Waals surface area contributed by atoms with Crippen LogP contribution in [-0.4, -0.2) is 17.1 Å². The van der Waals surface area contributed by atoms with E-state index in [4.69, 9.17) is 10.3 Å². The summed E-state index contributed by atoms with van der Waals surface area (Å²) in [7, 11) is 0. The molecule has 1 atom stereocenters. The van der Waals surface area contributed by atoms with Gasteiger partial charge >= 0.3 is 0 Å². The predicted octanol–water partition coefficient (Wildman–Crippen LogP) is 4.05. The van der Waals surface area contributed by atoms with Crippen LogP contribution >= 0.6 is 0 Å². The lowest BCUT2D eigenvalue weighted by atomic mass is 9.79. The van der Waals surface area contributed by atoms with Gasteiger partial charge in [0.15, 0.2) is 0 Å². The second-order valence-electron chi connectivity index (χ2n) is 7.31. The molecular weight excluding hydrogens is 314 g/mol. The molecule has 5 heteroatoms. The van der Waals surface area contributed by atoms with Gasteiger partial charge in [-0.25, -0.2) is 0 Å². The Morgan fingerprint density at radius 2 is 1.84 bits per heavy atom. The summed E-state index contributed by atoms with van der Waals surface area (Å²) in [6, 6.07) is 7.30. The first-order valence-electron chi connectivity index (χ1n) is 9.05. The number of nitrogens with two attached hydrogens (primary N) is 1. The molecule has 1 aliphatic carbocycles. The highest BCUT2D eigenvalue weighted by molar-refractivity contribution is 5.95. The number of nitrogens with zero attached hydrogens (tertiary/aromatic N) is 1. The minimum Gasteiger partial charge on any atom is -0.361 e. The van der Waals surface area contributed by atoms with E-state index in [0.29, 0.717) is 0 Å². The Morgan fingerprint density at radius 3 is 2.40 bits per heavy atom. The summed E-state index contributed by atoms with van der Waals surface area (Å²) < 4.78 is 5.21. The Balaban J connectivity index is 1.64. The Hall–Kier alpha value is -2.14. The molecule has 0 unspecified atom stereocenters.